The van der Waals surface area contributed by atoms with E-state index < -0.39 is 0 Å². The largest absolute Gasteiger partial charge is 0.343 e. The number of nitrogens with zero attached hydrogens (tertiary/aromatic N) is 2. The third-order valence-electron chi connectivity index (χ3n) is 4.07. The number of carbonyl (C=O) groups excluding carboxylic acids is 1. The Morgan fingerprint density at radius 1 is 1.00 bits per heavy atom. The molecule has 3 rings (SSSR count). The number of carbonyl (C=O) groups is 1. The highest BCUT2D eigenvalue weighted by atomic mass is 35.5. The molecule has 0 N–H and O–H groups in total. The van der Waals surface area contributed by atoms with Crippen molar-refractivity contribution < 1.29 is 4.79 Å². The minimum absolute atomic E-state index is 0.512. The standard InChI is InChI=1S/C20H18Cl2N2OS/c1-14-19(13-25)23-20(26-14)24(12-16-4-8-18(22)9-5-16)11-10-15-2-6-17(21)7-3-15/h2-9,13H,10-12H2,1H3. The third kappa shape index (κ3) is 4.85. The van der Waals surface area contributed by atoms with E-state index in [-0.39, 0.29) is 0 Å². The number of hydrogen-bond acceptors (Lipinski definition) is 4. The monoisotopic (exact) mass is 404 g/mol. The Kier molecular flexibility index (Phi) is 6.30. The summed E-state index contributed by atoms with van der Waals surface area (Å²) in [6.45, 7) is 3.41. The number of hydrogen-bond donors (Lipinski definition) is 0. The van der Waals surface area contributed by atoms with Gasteiger partial charge in [0.1, 0.15) is 5.69 Å². The first kappa shape index (κ1) is 18.9. The molecule has 3 nitrogen and oxygen atoms in total. The predicted molar refractivity (Wildman–Crippen MR) is 110 cm³/mol. The summed E-state index contributed by atoms with van der Waals surface area (Å²) in [5.41, 5.74) is 2.86. The summed E-state index contributed by atoms with van der Waals surface area (Å²) < 4.78 is 0. The molecule has 6 heteroatoms. The van der Waals surface area contributed by atoms with Crippen LogP contribution in [0.1, 0.15) is 26.5 Å². The van der Waals surface area contributed by atoms with E-state index in [1.807, 2.05) is 55.5 Å². The number of thiazole rings is 1. The molecule has 0 saturated carbocycles. The summed E-state index contributed by atoms with van der Waals surface area (Å²) >= 11 is 13.5. The molecule has 26 heavy (non-hydrogen) atoms. The molecule has 0 aliphatic carbocycles. The van der Waals surface area contributed by atoms with Crippen LogP contribution >= 0.6 is 34.5 Å². The van der Waals surface area contributed by atoms with Crippen LogP contribution in [0.4, 0.5) is 5.13 Å². The molecule has 0 aliphatic heterocycles. The lowest BCUT2D eigenvalue weighted by molar-refractivity contribution is 0.111. The van der Waals surface area contributed by atoms with Crippen molar-refractivity contribution >= 4 is 46.0 Å². The maximum Gasteiger partial charge on any atom is 0.186 e. The normalized spacial score (nSPS) is 10.7. The number of aldehydes is 1. The summed E-state index contributed by atoms with van der Waals surface area (Å²) in [6.07, 6.45) is 1.68. The van der Waals surface area contributed by atoms with Crippen LogP contribution in [0.2, 0.25) is 10.0 Å². The Bertz CT molecular complexity index is 876. The van der Waals surface area contributed by atoms with E-state index in [9.17, 15) is 4.79 Å². The quantitative estimate of drug-likeness (QED) is 0.465. The van der Waals surface area contributed by atoms with Crippen LogP contribution in [0, 0.1) is 6.92 Å². The van der Waals surface area contributed by atoms with E-state index in [2.05, 4.69) is 9.88 Å². The number of benzene rings is 2. The van der Waals surface area contributed by atoms with Gasteiger partial charge < -0.3 is 4.90 Å². The molecule has 0 unspecified atom stereocenters. The molecular formula is C20H18Cl2N2OS. The van der Waals surface area contributed by atoms with Gasteiger partial charge >= 0.3 is 0 Å². The van der Waals surface area contributed by atoms with Gasteiger partial charge in [-0.3, -0.25) is 4.79 Å². The highest BCUT2D eigenvalue weighted by molar-refractivity contribution is 7.15. The van der Waals surface area contributed by atoms with Crippen LogP contribution in [0.5, 0.6) is 0 Å². The molecule has 0 bridgehead atoms. The number of rotatable bonds is 7. The van der Waals surface area contributed by atoms with Crippen molar-refractivity contribution in [2.45, 2.75) is 19.9 Å². The lowest BCUT2D eigenvalue weighted by atomic mass is 10.1. The summed E-state index contributed by atoms with van der Waals surface area (Å²) in [6, 6.07) is 15.7. The van der Waals surface area contributed by atoms with Crippen molar-refractivity contribution in [1.82, 2.24) is 4.98 Å². The highest BCUT2D eigenvalue weighted by Gasteiger charge is 2.15. The number of anilines is 1. The van der Waals surface area contributed by atoms with Crippen LogP contribution in [0.15, 0.2) is 48.5 Å². The molecule has 0 fully saturated rings. The van der Waals surface area contributed by atoms with Crippen molar-refractivity contribution in [3.8, 4) is 0 Å². The third-order valence-corrected chi connectivity index (χ3v) is 5.63. The fourth-order valence-corrected chi connectivity index (χ4v) is 3.76. The van der Waals surface area contributed by atoms with Gasteiger partial charge in [-0.2, -0.15) is 0 Å². The summed E-state index contributed by atoms with van der Waals surface area (Å²) in [7, 11) is 0. The minimum atomic E-state index is 0.512. The fourth-order valence-electron chi connectivity index (χ4n) is 2.61. The topological polar surface area (TPSA) is 33.2 Å². The van der Waals surface area contributed by atoms with Gasteiger partial charge in [0, 0.05) is 28.0 Å². The molecule has 0 saturated heterocycles. The SMILES string of the molecule is Cc1sc(N(CCc2ccc(Cl)cc2)Cc2ccc(Cl)cc2)nc1C=O. The zero-order valence-corrected chi connectivity index (χ0v) is 16.6. The molecule has 1 heterocycles. The van der Waals surface area contributed by atoms with Crippen LogP contribution in [0.25, 0.3) is 0 Å². The number of halogens is 2. The van der Waals surface area contributed by atoms with Gasteiger partial charge in [0.05, 0.1) is 0 Å². The number of aryl methyl sites for hydroxylation is 1. The summed E-state index contributed by atoms with van der Waals surface area (Å²) in [4.78, 5) is 18.8. The zero-order chi connectivity index (χ0) is 18.5. The molecule has 2 aromatic carbocycles. The van der Waals surface area contributed by atoms with Gasteiger partial charge in [-0.05, 0) is 48.7 Å². The Morgan fingerprint density at radius 2 is 1.58 bits per heavy atom. The van der Waals surface area contributed by atoms with Crippen LogP contribution in [-0.4, -0.2) is 17.8 Å². The first-order chi connectivity index (χ1) is 12.5. The average molecular weight is 405 g/mol. The predicted octanol–water partition coefficient (Wildman–Crippen LogP) is 5.82. The zero-order valence-electron chi connectivity index (χ0n) is 14.3. The molecule has 0 atom stereocenters. The van der Waals surface area contributed by atoms with Crippen LogP contribution < -0.4 is 4.90 Å². The maximum absolute atomic E-state index is 11.2. The summed E-state index contributed by atoms with van der Waals surface area (Å²) in [5.74, 6) is 0. The summed E-state index contributed by atoms with van der Waals surface area (Å²) in [5, 5.41) is 2.31. The van der Waals surface area contributed by atoms with E-state index in [4.69, 9.17) is 23.2 Å². The van der Waals surface area contributed by atoms with Gasteiger partial charge in [-0.15, -0.1) is 11.3 Å². The van der Waals surface area contributed by atoms with Gasteiger partial charge in [0.2, 0.25) is 0 Å². The number of aromatic nitrogens is 1. The van der Waals surface area contributed by atoms with Gasteiger partial charge in [0.25, 0.3) is 0 Å². The van der Waals surface area contributed by atoms with Crippen molar-refractivity contribution in [1.29, 1.82) is 0 Å². The van der Waals surface area contributed by atoms with Crippen LogP contribution in [0.3, 0.4) is 0 Å². The van der Waals surface area contributed by atoms with Gasteiger partial charge in [0.15, 0.2) is 11.4 Å². The highest BCUT2D eigenvalue weighted by Crippen LogP contribution is 2.27. The van der Waals surface area contributed by atoms with Crippen molar-refractivity contribution in [3.05, 3.63) is 80.3 Å². The fraction of sp³-hybridized carbons (Fsp3) is 0.200. The minimum Gasteiger partial charge on any atom is -0.343 e. The van der Waals surface area contributed by atoms with Gasteiger partial charge in [-0.1, -0.05) is 47.5 Å². The molecular weight excluding hydrogens is 387 g/mol. The second-order valence-electron chi connectivity index (χ2n) is 5.98. The van der Waals surface area contributed by atoms with Crippen molar-refractivity contribution in [2.75, 3.05) is 11.4 Å². The first-order valence-corrected chi connectivity index (χ1v) is 9.79. The molecule has 0 amide bonds. The van der Waals surface area contributed by atoms with E-state index in [1.54, 1.807) is 11.3 Å². The first-order valence-electron chi connectivity index (χ1n) is 8.21. The Morgan fingerprint density at radius 3 is 2.12 bits per heavy atom. The van der Waals surface area contributed by atoms with E-state index in [0.717, 1.165) is 44.9 Å². The van der Waals surface area contributed by atoms with E-state index in [1.165, 1.54) is 5.56 Å². The molecule has 1 aromatic heterocycles. The second-order valence-corrected chi connectivity index (χ2v) is 8.03. The Labute approximate surface area is 167 Å². The molecule has 0 spiro atoms. The lowest BCUT2D eigenvalue weighted by Crippen LogP contribution is -2.25. The van der Waals surface area contributed by atoms with Crippen molar-refractivity contribution in [2.24, 2.45) is 0 Å². The molecule has 3 aromatic rings. The van der Waals surface area contributed by atoms with Crippen molar-refractivity contribution in [3.63, 3.8) is 0 Å². The Balaban J connectivity index is 1.80. The molecule has 0 aliphatic rings. The smallest absolute Gasteiger partial charge is 0.186 e. The molecule has 0 radical (unpaired) electrons. The Hall–Kier alpha value is -1.88. The van der Waals surface area contributed by atoms with E-state index in [0.29, 0.717) is 12.2 Å². The second kappa shape index (κ2) is 8.67. The molecule has 134 valence electrons. The average Bonchev–Trinajstić information content (AvgIpc) is 3.02. The maximum atomic E-state index is 11.2. The lowest BCUT2D eigenvalue weighted by Gasteiger charge is -2.22. The van der Waals surface area contributed by atoms with Crippen LogP contribution in [-0.2, 0) is 13.0 Å². The van der Waals surface area contributed by atoms with Gasteiger partial charge in [-0.25, -0.2) is 4.98 Å². The van der Waals surface area contributed by atoms with E-state index >= 15 is 0 Å².